The van der Waals surface area contributed by atoms with E-state index >= 15 is 0 Å². The van der Waals surface area contributed by atoms with Gasteiger partial charge in [0.15, 0.2) is 5.65 Å². The molecule has 15 heavy (non-hydrogen) atoms. The van der Waals surface area contributed by atoms with E-state index in [-0.39, 0.29) is 6.04 Å². The van der Waals surface area contributed by atoms with Gasteiger partial charge in [0.1, 0.15) is 5.82 Å². The minimum Gasteiger partial charge on any atom is -0.330 e. The Hall–Kier alpha value is -1.42. The van der Waals surface area contributed by atoms with Crippen LogP contribution in [-0.2, 0) is 13.5 Å². The largest absolute Gasteiger partial charge is 0.330 e. The molecule has 0 spiro atoms. The maximum Gasteiger partial charge on any atom is 0.177 e. The van der Waals surface area contributed by atoms with Crippen molar-refractivity contribution in [3.05, 3.63) is 24.2 Å². The van der Waals surface area contributed by atoms with Gasteiger partial charge in [-0.1, -0.05) is 0 Å². The number of pyridine rings is 1. The number of nitrogens with zero attached hydrogens (tertiary/aromatic N) is 3. The van der Waals surface area contributed by atoms with Gasteiger partial charge < -0.3 is 10.3 Å². The molecule has 0 aromatic carbocycles. The molecule has 2 aromatic heterocycles. The molecule has 0 bridgehead atoms. The highest BCUT2D eigenvalue weighted by Gasteiger charge is 2.08. The summed E-state index contributed by atoms with van der Waals surface area (Å²) in [5, 5.41) is 0. The van der Waals surface area contributed by atoms with Crippen LogP contribution >= 0.6 is 0 Å². The van der Waals surface area contributed by atoms with Gasteiger partial charge in [0, 0.05) is 25.7 Å². The standard InChI is InChI=1S/C11H16N4/c1-8(12)5-6-10-14-11-9(15(10)2)4-3-7-13-11/h3-4,7-8H,5-6,12H2,1-2H3. The summed E-state index contributed by atoms with van der Waals surface area (Å²) in [6, 6.07) is 4.18. The van der Waals surface area contributed by atoms with Crippen molar-refractivity contribution in [2.45, 2.75) is 25.8 Å². The summed E-state index contributed by atoms with van der Waals surface area (Å²) in [4.78, 5) is 8.71. The van der Waals surface area contributed by atoms with E-state index in [1.54, 1.807) is 6.20 Å². The monoisotopic (exact) mass is 204 g/mol. The Kier molecular flexibility index (Phi) is 2.68. The zero-order valence-electron chi connectivity index (χ0n) is 9.14. The van der Waals surface area contributed by atoms with E-state index in [4.69, 9.17) is 5.73 Å². The number of aromatic nitrogens is 3. The predicted octanol–water partition coefficient (Wildman–Crippen LogP) is 1.25. The molecule has 2 rings (SSSR count). The molecule has 2 aromatic rings. The first-order valence-corrected chi connectivity index (χ1v) is 5.20. The summed E-state index contributed by atoms with van der Waals surface area (Å²) in [6.45, 7) is 2.01. The molecule has 0 fully saturated rings. The first kappa shape index (κ1) is 10.1. The van der Waals surface area contributed by atoms with E-state index in [1.165, 1.54) is 0 Å². The molecular formula is C11H16N4. The van der Waals surface area contributed by atoms with Crippen LogP contribution in [0.5, 0.6) is 0 Å². The van der Waals surface area contributed by atoms with Crippen molar-refractivity contribution in [2.75, 3.05) is 0 Å². The summed E-state index contributed by atoms with van der Waals surface area (Å²) in [7, 11) is 2.02. The predicted molar refractivity (Wildman–Crippen MR) is 60.5 cm³/mol. The van der Waals surface area contributed by atoms with Crippen LogP contribution in [0.25, 0.3) is 11.2 Å². The molecule has 2 N–H and O–H groups in total. The molecule has 4 nitrogen and oxygen atoms in total. The van der Waals surface area contributed by atoms with Gasteiger partial charge in [-0.2, -0.15) is 0 Å². The van der Waals surface area contributed by atoms with Crippen molar-refractivity contribution in [2.24, 2.45) is 12.8 Å². The van der Waals surface area contributed by atoms with Crippen molar-refractivity contribution >= 4 is 11.2 Å². The van der Waals surface area contributed by atoms with Crippen molar-refractivity contribution < 1.29 is 0 Å². The third-order valence-corrected chi connectivity index (χ3v) is 2.57. The number of aryl methyl sites for hydroxylation is 2. The van der Waals surface area contributed by atoms with E-state index in [0.717, 1.165) is 29.8 Å². The molecule has 0 aliphatic rings. The van der Waals surface area contributed by atoms with Crippen LogP contribution in [0.2, 0.25) is 0 Å². The maximum absolute atomic E-state index is 5.73. The number of imidazole rings is 1. The molecule has 0 aliphatic heterocycles. The second-order valence-corrected chi connectivity index (χ2v) is 3.95. The Labute approximate surface area is 89.1 Å². The number of fused-ring (bicyclic) bond motifs is 1. The highest BCUT2D eigenvalue weighted by atomic mass is 15.1. The molecule has 0 radical (unpaired) electrons. The molecule has 1 atom stereocenters. The Balaban J connectivity index is 2.32. The first-order chi connectivity index (χ1) is 7.18. The molecular weight excluding hydrogens is 188 g/mol. The third-order valence-electron chi connectivity index (χ3n) is 2.57. The lowest BCUT2D eigenvalue weighted by atomic mass is 10.2. The molecule has 80 valence electrons. The van der Waals surface area contributed by atoms with Crippen LogP contribution in [0.1, 0.15) is 19.2 Å². The van der Waals surface area contributed by atoms with Gasteiger partial charge in [-0.3, -0.25) is 0 Å². The number of hydrogen-bond donors (Lipinski definition) is 1. The Bertz CT molecular complexity index is 459. The lowest BCUT2D eigenvalue weighted by molar-refractivity contribution is 0.636. The average Bonchev–Trinajstić information content (AvgIpc) is 2.54. The average molecular weight is 204 g/mol. The van der Waals surface area contributed by atoms with Gasteiger partial charge in [0.05, 0.1) is 5.52 Å². The lowest BCUT2D eigenvalue weighted by Crippen LogP contribution is -2.16. The number of hydrogen-bond acceptors (Lipinski definition) is 3. The fourth-order valence-electron chi connectivity index (χ4n) is 1.65. The lowest BCUT2D eigenvalue weighted by Gasteiger charge is -2.04. The van der Waals surface area contributed by atoms with Crippen LogP contribution in [0, 0.1) is 0 Å². The Morgan fingerprint density at radius 2 is 2.33 bits per heavy atom. The van der Waals surface area contributed by atoms with Crippen molar-refractivity contribution in [1.29, 1.82) is 0 Å². The van der Waals surface area contributed by atoms with Gasteiger partial charge in [-0.25, -0.2) is 9.97 Å². The topological polar surface area (TPSA) is 56.7 Å². The minimum absolute atomic E-state index is 0.220. The summed E-state index contributed by atoms with van der Waals surface area (Å²) in [6.07, 6.45) is 3.63. The number of nitrogens with two attached hydrogens (primary N) is 1. The highest BCUT2D eigenvalue weighted by molar-refractivity contribution is 5.71. The molecule has 0 saturated carbocycles. The van der Waals surface area contributed by atoms with Crippen molar-refractivity contribution in [1.82, 2.24) is 14.5 Å². The van der Waals surface area contributed by atoms with Crippen LogP contribution < -0.4 is 5.73 Å². The van der Waals surface area contributed by atoms with Gasteiger partial charge in [0.25, 0.3) is 0 Å². The smallest absolute Gasteiger partial charge is 0.177 e. The molecule has 2 heterocycles. The fraction of sp³-hybridized carbons (Fsp3) is 0.455. The molecule has 0 amide bonds. The summed E-state index contributed by atoms with van der Waals surface area (Å²) >= 11 is 0. The van der Waals surface area contributed by atoms with E-state index in [1.807, 2.05) is 26.1 Å². The maximum atomic E-state index is 5.73. The van der Waals surface area contributed by atoms with Gasteiger partial charge >= 0.3 is 0 Å². The van der Waals surface area contributed by atoms with E-state index in [9.17, 15) is 0 Å². The quantitative estimate of drug-likeness (QED) is 0.818. The third kappa shape index (κ3) is 1.99. The summed E-state index contributed by atoms with van der Waals surface area (Å²) in [5.74, 6) is 1.06. The van der Waals surface area contributed by atoms with E-state index < -0.39 is 0 Å². The fourth-order valence-corrected chi connectivity index (χ4v) is 1.65. The zero-order valence-corrected chi connectivity index (χ0v) is 9.14. The summed E-state index contributed by atoms with van der Waals surface area (Å²) in [5.41, 5.74) is 7.63. The minimum atomic E-state index is 0.220. The number of rotatable bonds is 3. The van der Waals surface area contributed by atoms with Crippen LogP contribution in [-0.4, -0.2) is 20.6 Å². The molecule has 1 unspecified atom stereocenters. The summed E-state index contributed by atoms with van der Waals surface area (Å²) < 4.78 is 2.09. The first-order valence-electron chi connectivity index (χ1n) is 5.20. The molecule has 4 heteroatoms. The second-order valence-electron chi connectivity index (χ2n) is 3.95. The normalized spacial score (nSPS) is 13.3. The Morgan fingerprint density at radius 3 is 3.00 bits per heavy atom. The van der Waals surface area contributed by atoms with Gasteiger partial charge in [-0.05, 0) is 25.5 Å². The zero-order chi connectivity index (χ0) is 10.8. The van der Waals surface area contributed by atoms with E-state index in [2.05, 4.69) is 14.5 Å². The van der Waals surface area contributed by atoms with Crippen LogP contribution in [0.4, 0.5) is 0 Å². The second kappa shape index (κ2) is 3.98. The van der Waals surface area contributed by atoms with Crippen LogP contribution in [0.3, 0.4) is 0 Å². The SMILES string of the molecule is CC(N)CCc1nc2ncccc2n1C. The van der Waals surface area contributed by atoms with E-state index in [0.29, 0.717) is 0 Å². The Morgan fingerprint density at radius 1 is 1.53 bits per heavy atom. The van der Waals surface area contributed by atoms with Crippen molar-refractivity contribution in [3.8, 4) is 0 Å². The molecule has 0 aliphatic carbocycles. The van der Waals surface area contributed by atoms with Crippen molar-refractivity contribution in [3.63, 3.8) is 0 Å². The highest BCUT2D eigenvalue weighted by Crippen LogP contribution is 2.13. The molecule has 0 saturated heterocycles. The van der Waals surface area contributed by atoms with Gasteiger partial charge in [-0.15, -0.1) is 0 Å². The van der Waals surface area contributed by atoms with Crippen LogP contribution in [0.15, 0.2) is 18.3 Å². The van der Waals surface area contributed by atoms with Gasteiger partial charge in [0.2, 0.25) is 0 Å².